The van der Waals surface area contributed by atoms with Gasteiger partial charge in [-0.1, -0.05) is 18.2 Å². The zero-order chi connectivity index (χ0) is 16.8. The number of aryl methyl sites for hydroxylation is 2. The van der Waals surface area contributed by atoms with Gasteiger partial charge in [-0.3, -0.25) is 14.9 Å². The number of hydrogen-bond acceptors (Lipinski definition) is 4. The van der Waals surface area contributed by atoms with Crippen molar-refractivity contribution < 1.29 is 9.72 Å². The van der Waals surface area contributed by atoms with Crippen LogP contribution in [0.3, 0.4) is 0 Å². The van der Waals surface area contributed by atoms with Crippen LogP contribution in [0.15, 0.2) is 42.5 Å². The van der Waals surface area contributed by atoms with Crippen LogP contribution in [-0.4, -0.2) is 16.6 Å². The Labute approximate surface area is 139 Å². The molecule has 0 bridgehead atoms. The molecule has 1 amide bonds. The molecule has 0 spiro atoms. The van der Waals surface area contributed by atoms with Crippen molar-refractivity contribution in [1.29, 1.82) is 0 Å². The van der Waals surface area contributed by atoms with Gasteiger partial charge in [-0.05, 0) is 42.7 Å². The number of hydrogen-bond donors (Lipinski definition) is 1. The maximum atomic E-state index is 11.9. The lowest BCUT2D eigenvalue weighted by Crippen LogP contribution is -2.14. The number of thioether (sulfide) groups is 1. The highest BCUT2D eigenvalue weighted by atomic mass is 32.2. The zero-order valence-electron chi connectivity index (χ0n) is 13.0. The van der Waals surface area contributed by atoms with E-state index in [2.05, 4.69) is 5.32 Å². The van der Waals surface area contributed by atoms with E-state index in [-0.39, 0.29) is 11.6 Å². The first-order valence-electron chi connectivity index (χ1n) is 7.14. The molecule has 120 valence electrons. The lowest BCUT2D eigenvalue weighted by atomic mass is 10.1. The summed E-state index contributed by atoms with van der Waals surface area (Å²) in [5.41, 5.74) is 4.01. The van der Waals surface area contributed by atoms with E-state index in [1.54, 1.807) is 6.07 Å². The molecule has 6 heteroatoms. The number of carbonyl (C=O) groups is 1. The lowest BCUT2D eigenvalue weighted by molar-refractivity contribution is -0.384. The number of amides is 1. The molecular weight excluding hydrogens is 312 g/mol. The molecule has 5 nitrogen and oxygen atoms in total. The number of carbonyl (C=O) groups excluding carboxylic acids is 1. The van der Waals surface area contributed by atoms with Crippen molar-refractivity contribution in [2.24, 2.45) is 0 Å². The van der Waals surface area contributed by atoms with Crippen LogP contribution in [0.4, 0.5) is 11.4 Å². The highest BCUT2D eigenvalue weighted by Crippen LogP contribution is 2.19. The fraction of sp³-hybridized carbons (Fsp3) is 0.235. The van der Waals surface area contributed by atoms with Crippen molar-refractivity contribution in [1.82, 2.24) is 0 Å². The third-order valence-corrected chi connectivity index (χ3v) is 4.42. The number of benzene rings is 2. The molecule has 0 saturated heterocycles. The maximum absolute atomic E-state index is 11.9. The Hall–Kier alpha value is -2.34. The van der Waals surface area contributed by atoms with Crippen LogP contribution in [0, 0.1) is 24.0 Å². The van der Waals surface area contributed by atoms with Gasteiger partial charge in [0, 0.05) is 23.6 Å². The molecule has 0 unspecified atom stereocenters. The molecule has 0 heterocycles. The van der Waals surface area contributed by atoms with Gasteiger partial charge in [-0.15, -0.1) is 11.8 Å². The fourth-order valence-corrected chi connectivity index (χ4v) is 2.81. The van der Waals surface area contributed by atoms with Crippen LogP contribution in [0.2, 0.25) is 0 Å². The predicted octanol–water partition coefficient (Wildman–Crippen LogP) is 4.08. The van der Waals surface area contributed by atoms with Crippen molar-refractivity contribution in [3.8, 4) is 0 Å². The van der Waals surface area contributed by atoms with E-state index in [0.29, 0.717) is 11.5 Å². The molecule has 0 saturated carbocycles. The zero-order valence-corrected chi connectivity index (χ0v) is 13.9. The molecule has 0 aromatic heterocycles. The standard InChI is InChI=1S/C17H18N2O3S/c1-12-6-7-15(8-13(12)2)18-17(20)11-23-10-14-4-3-5-16(9-14)19(21)22/h3-9H,10-11H2,1-2H3,(H,18,20). The van der Waals surface area contributed by atoms with Crippen LogP contribution in [-0.2, 0) is 10.5 Å². The van der Waals surface area contributed by atoms with E-state index in [0.717, 1.165) is 16.8 Å². The summed E-state index contributed by atoms with van der Waals surface area (Å²) in [5.74, 6) is 0.779. The van der Waals surface area contributed by atoms with E-state index in [1.165, 1.54) is 29.5 Å². The number of non-ortho nitro benzene ring substituents is 1. The van der Waals surface area contributed by atoms with Gasteiger partial charge in [-0.25, -0.2) is 0 Å². The normalized spacial score (nSPS) is 10.3. The monoisotopic (exact) mass is 330 g/mol. The topological polar surface area (TPSA) is 72.2 Å². The molecule has 0 aliphatic rings. The quantitative estimate of drug-likeness (QED) is 0.640. The highest BCUT2D eigenvalue weighted by molar-refractivity contribution is 7.99. The van der Waals surface area contributed by atoms with Crippen molar-refractivity contribution >= 4 is 29.0 Å². The average Bonchev–Trinajstić information content (AvgIpc) is 2.51. The number of nitrogens with one attached hydrogen (secondary N) is 1. The van der Waals surface area contributed by atoms with Gasteiger partial charge in [0.15, 0.2) is 0 Å². The van der Waals surface area contributed by atoms with Gasteiger partial charge in [-0.2, -0.15) is 0 Å². The molecule has 0 atom stereocenters. The highest BCUT2D eigenvalue weighted by Gasteiger charge is 2.07. The molecule has 2 aromatic carbocycles. The predicted molar refractivity (Wildman–Crippen MR) is 93.8 cm³/mol. The first kappa shape index (κ1) is 17.0. The Balaban J connectivity index is 1.84. The minimum Gasteiger partial charge on any atom is -0.325 e. The lowest BCUT2D eigenvalue weighted by Gasteiger charge is -2.07. The minimum atomic E-state index is -0.416. The second kappa shape index (κ2) is 7.78. The fourth-order valence-electron chi connectivity index (χ4n) is 2.04. The minimum absolute atomic E-state index is 0.0719. The molecule has 0 aliphatic carbocycles. The van der Waals surface area contributed by atoms with E-state index in [4.69, 9.17) is 0 Å². The first-order valence-corrected chi connectivity index (χ1v) is 8.29. The summed E-state index contributed by atoms with van der Waals surface area (Å²) >= 11 is 1.43. The average molecular weight is 330 g/mol. The van der Waals surface area contributed by atoms with Crippen molar-refractivity contribution in [2.45, 2.75) is 19.6 Å². The van der Waals surface area contributed by atoms with Gasteiger partial charge in [0.1, 0.15) is 0 Å². The Bertz CT molecular complexity index is 732. The summed E-state index contributed by atoms with van der Waals surface area (Å²) in [6, 6.07) is 12.3. The maximum Gasteiger partial charge on any atom is 0.269 e. The van der Waals surface area contributed by atoms with Crippen LogP contribution >= 0.6 is 11.8 Å². The van der Waals surface area contributed by atoms with Crippen LogP contribution in [0.5, 0.6) is 0 Å². The van der Waals surface area contributed by atoms with E-state index < -0.39 is 4.92 Å². The van der Waals surface area contributed by atoms with E-state index in [9.17, 15) is 14.9 Å². The molecular formula is C17H18N2O3S. The van der Waals surface area contributed by atoms with Crippen LogP contribution in [0.1, 0.15) is 16.7 Å². The van der Waals surface area contributed by atoms with Gasteiger partial charge >= 0.3 is 0 Å². The SMILES string of the molecule is Cc1ccc(NC(=O)CSCc2cccc([N+](=O)[O-])c2)cc1C. The Morgan fingerprint density at radius 3 is 2.65 bits per heavy atom. The second-order valence-corrected chi connectivity index (χ2v) is 6.25. The summed E-state index contributed by atoms with van der Waals surface area (Å²) < 4.78 is 0. The molecule has 0 aliphatic heterocycles. The Kier molecular flexibility index (Phi) is 5.76. The van der Waals surface area contributed by atoms with E-state index in [1.807, 2.05) is 38.1 Å². The second-order valence-electron chi connectivity index (χ2n) is 5.27. The van der Waals surface area contributed by atoms with Gasteiger partial charge in [0.2, 0.25) is 5.91 Å². The summed E-state index contributed by atoms with van der Waals surface area (Å²) in [6.07, 6.45) is 0. The molecule has 2 aromatic rings. The van der Waals surface area contributed by atoms with Crippen molar-refractivity contribution in [3.05, 3.63) is 69.3 Å². The third kappa shape index (κ3) is 5.10. The summed E-state index contributed by atoms with van der Waals surface area (Å²) in [7, 11) is 0. The van der Waals surface area contributed by atoms with Gasteiger partial charge in [0.25, 0.3) is 5.69 Å². The van der Waals surface area contributed by atoms with Crippen LogP contribution in [0.25, 0.3) is 0 Å². The number of nitro benzene ring substituents is 1. The van der Waals surface area contributed by atoms with Crippen LogP contribution < -0.4 is 5.32 Å². The molecule has 2 rings (SSSR count). The van der Waals surface area contributed by atoms with Crippen molar-refractivity contribution in [3.63, 3.8) is 0 Å². The summed E-state index contributed by atoms with van der Waals surface area (Å²) in [4.78, 5) is 22.2. The number of rotatable bonds is 6. The smallest absolute Gasteiger partial charge is 0.269 e. The van der Waals surface area contributed by atoms with E-state index >= 15 is 0 Å². The molecule has 23 heavy (non-hydrogen) atoms. The molecule has 0 fully saturated rings. The Morgan fingerprint density at radius 1 is 1.17 bits per heavy atom. The molecule has 1 N–H and O–H groups in total. The summed E-state index contributed by atoms with van der Waals surface area (Å²) in [6.45, 7) is 4.03. The van der Waals surface area contributed by atoms with Gasteiger partial charge < -0.3 is 5.32 Å². The van der Waals surface area contributed by atoms with Gasteiger partial charge in [0.05, 0.1) is 10.7 Å². The molecule has 0 radical (unpaired) electrons. The summed E-state index contributed by atoms with van der Waals surface area (Å²) in [5, 5.41) is 13.6. The first-order chi connectivity index (χ1) is 11.0. The van der Waals surface area contributed by atoms with Crippen molar-refractivity contribution in [2.75, 3.05) is 11.1 Å². The largest absolute Gasteiger partial charge is 0.325 e. The number of nitro groups is 1. The number of anilines is 1. The number of nitrogens with zero attached hydrogens (tertiary/aromatic N) is 1. The third-order valence-electron chi connectivity index (χ3n) is 3.41. The Morgan fingerprint density at radius 2 is 1.96 bits per heavy atom.